The molecule has 0 saturated carbocycles. The number of esters is 1. The van der Waals surface area contributed by atoms with Gasteiger partial charge in [-0.05, 0) is 31.2 Å². The quantitative estimate of drug-likeness (QED) is 0.473. The van der Waals surface area contributed by atoms with Crippen LogP contribution in [0.4, 0.5) is 5.69 Å². The van der Waals surface area contributed by atoms with E-state index in [2.05, 4.69) is 10.1 Å². The van der Waals surface area contributed by atoms with Crippen molar-refractivity contribution in [3.63, 3.8) is 0 Å². The van der Waals surface area contributed by atoms with E-state index in [1.165, 1.54) is 17.0 Å². The van der Waals surface area contributed by atoms with E-state index >= 15 is 0 Å². The van der Waals surface area contributed by atoms with Gasteiger partial charge in [-0.1, -0.05) is 0 Å². The topological polar surface area (TPSA) is 94.2 Å². The first-order valence-corrected chi connectivity index (χ1v) is 10.1. The molecule has 1 aromatic carbocycles. The predicted octanol–water partition coefficient (Wildman–Crippen LogP) is -0.0469. The van der Waals surface area contributed by atoms with Crippen LogP contribution >= 0.6 is 0 Å². The minimum Gasteiger partial charge on any atom is -0.497 e. The number of carbonyl (C=O) groups excluding carboxylic acids is 2. The highest BCUT2D eigenvalue weighted by atomic mass is 16.5. The predicted molar refractivity (Wildman–Crippen MR) is 112 cm³/mol. The Kier molecular flexibility index (Phi) is 7.53. The molecule has 9 nitrogen and oxygen atoms in total. The molecule has 1 unspecified atom stereocenters. The van der Waals surface area contributed by atoms with Crippen LogP contribution in [-0.2, 0) is 19.1 Å². The van der Waals surface area contributed by atoms with E-state index in [1.807, 2.05) is 6.92 Å². The molecule has 30 heavy (non-hydrogen) atoms. The average molecular weight is 417 g/mol. The number of anilines is 1. The lowest BCUT2D eigenvalue weighted by Gasteiger charge is -2.23. The maximum absolute atomic E-state index is 13.2. The summed E-state index contributed by atoms with van der Waals surface area (Å²) in [6.45, 7) is 6.79. The average Bonchev–Trinajstić information content (AvgIpc) is 3.10. The van der Waals surface area contributed by atoms with Crippen molar-refractivity contribution < 1.29 is 28.7 Å². The zero-order valence-electron chi connectivity index (χ0n) is 17.7. The van der Waals surface area contributed by atoms with E-state index in [9.17, 15) is 9.59 Å². The number of hydrogen-bond donors (Lipinski definition) is 1. The molecule has 0 radical (unpaired) electrons. The lowest BCUT2D eigenvalue weighted by molar-refractivity contribution is -0.906. The number of ether oxygens (including phenoxy) is 3. The number of morpholine rings is 1. The number of hydrazone groups is 1. The normalized spacial score (nSPS) is 20.3. The molecule has 162 valence electrons. The fourth-order valence-corrected chi connectivity index (χ4v) is 3.58. The van der Waals surface area contributed by atoms with Gasteiger partial charge < -0.3 is 19.1 Å². The molecule has 0 aromatic heterocycles. The highest BCUT2D eigenvalue weighted by Gasteiger charge is 2.39. The monoisotopic (exact) mass is 417 g/mol. The largest absolute Gasteiger partial charge is 0.497 e. The van der Waals surface area contributed by atoms with Gasteiger partial charge in [0.25, 0.3) is 5.91 Å². The van der Waals surface area contributed by atoms with Crippen LogP contribution in [-0.4, -0.2) is 76.9 Å². The summed E-state index contributed by atoms with van der Waals surface area (Å²) >= 11 is 0. The van der Waals surface area contributed by atoms with E-state index in [1.54, 1.807) is 31.4 Å². The summed E-state index contributed by atoms with van der Waals surface area (Å²) in [5.74, 6) is -0.636. The Morgan fingerprint density at radius 1 is 1.27 bits per heavy atom. The van der Waals surface area contributed by atoms with E-state index < -0.39 is 11.9 Å². The van der Waals surface area contributed by atoms with Crippen LogP contribution in [0.5, 0.6) is 5.75 Å². The van der Waals surface area contributed by atoms with Crippen molar-refractivity contribution in [1.29, 1.82) is 0 Å². The summed E-state index contributed by atoms with van der Waals surface area (Å²) in [4.78, 5) is 31.1. The number of rotatable bonds is 8. The van der Waals surface area contributed by atoms with Gasteiger partial charge >= 0.3 is 5.97 Å². The molecular weight excluding hydrogens is 388 g/mol. The van der Waals surface area contributed by atoms with E-state index in [-0.39, 0.29) is 12.3 Å². The van der Waals surface area contributed by atoms with Crippen LogP contribution in [0.2, 0.25) is 0 Å². The number of carbonyl (C=O) groups is 2. The second-order valence-electron chi connectivity index (χ2n) is 7.26. The maximum atomic E-state index is 13.2. The first-order valence-electron chi connectivity index (χ1n) is 10.1. The third kappa shape index (κ3) is 5.22. The van der Waals surface area contributed by atoms with Gasteiger partial charge in [-0.2, -0.15) is 10.1 Å². The van der Waals surface area contributed by atoms with Crippen molar-refractivity contribution in [1.82, 2.24) is 0 Å². The Balaban J connectivity index is 1.75. The Morgan fingerprint density at radius 2 is 1.97 bits per heavy atom. The molecule has 1 N–H and O–H groups in total. The van der Waals surface area contributed by atoms with Gasteiger partial charge in [-0.15, -0.1) is 0 Å². The van der Waals surface area contributed by atoms with Crippen molar-refractivity contribution in [2.24, 2.45) is 16.0 Å². The number of amides is 1. The van der Waals surface area contributed by atoms with Crippen molar-refractivity contribution in [2.45, 2.75) is 13.3 Å². The molecule has 2 aliphatic rings. The van der Waals surface area contributed by atoms with Crippen molar-refractivity contribution in [2.75, 3.05) is 58.6 Å². The van der Waals surface area contributed by atoms with Gasteiger partial charge in [0.1, 0.15) is 24.8 Å². The second-order valence-corrected chi connectivity index (χ2v) is 7.26. The fourth-order valence-electron chi connectivity index (χ4n) is 3.58. The molecule has 0 bridgehead atoms. The first-order chi connectivity index (χ1) is 14.5. The Morgan fingerprint density at radius 3 is 2.60 bits per heavy atom. The number of benzene rings is 1. The van der Waals surface area contributed by atoms with Crippen LogP contribution in [0.3, 0.4) is 0 Å². The standard InChI is InChI=1S/C21H28N4O5/c1-15(22-8-9-24-10-12-30-13-11-24)20-18(14-19(26)29-3)23-25(21(20)27)16-4-6-17(28-2)7-5-16/h4-7,20H,8-14H2,1-3H3/p+1. The summed E-state index contributed by atoms with van der Waals surface area (Å²) in [7, 11) is 2.90. The molecule has 0 spiro atoms. The number of quaternary nitrogens is 1. The van der Waals surface area contributed by atoms with E-state index in [0.717, 1.165) is 32.8 Å². The molecule has 1 aromatic rings. The van der Waals surface area contributed by atoms with Crippen LogP contribution in [0, 0.1) is 5.92 Å². The van der Waals surface area contributed by atoms with Gasteiger partial charge in [0.05, 0.1) is 58.3 Å². The van der Waals surface area contributed by atoms with Crippen molar-refractivity contribution in [3.05, 3.63) is 24.3 Å². The number of methoxy groups -OCH3 is 2. The zero-order valence-corrected chi connectivity index (χ0v) is 17.7. The summed E-state index contributed by atoms with van der Waals surface area (Å²) < 4.78 is 15.3. The van der Waals surface area contributed by atoms with Gasteiger partial charge in [-0.25, -0.2) is 0 Å². The molecule has 2 aliphatic heterocycles. The molecule has 1 atom stereocenters. The summed E-state index contributed by atoms with van der Waals surface area (Å²) in [6, 6.07) is 7.04. The van der Waals surface area contributed by atoms with Crippen LogP contribution < -0.4 is 14.6 Å². The van der Waals surface area contributed by atoms with Gasteiger partial charge in [-0.3, -0.25) is 14.6 Å². The van der Waals surface area contributed by atoms with Gasteiger partial charge in [0.15, 0.2) is 0 Å². The van der Waals surface area contributed by atoms with Crippen molar-refractivity contribution in [3.8, 4) is 5.75 Å². The SMILES string of the molecule is COC(=O)CC1=NN(c2ccc(OC)cc2)C(=O)C1C(C)=NCC[NH+]1CCOCC1. The lowest BCUT2D eigenvalue weighted by Crippen LogP contribution is -3.14. The summed E-state index contributed by atoms with van der Waals surface area (Å²) in [5, 5.41) is 5.77. The van der Waals surface area contributed by atoms with Crippen LogP contribution in [0.25, 0.3) is 0 Å². The van der Waals surface area contributed by atoms with Crippen LogP contribution in [0.15, 0.2) is 34.4 Å². The van der Waals surface area contributed by atoms with Gasteiger partial charge in [0.2, 0.25) is 0 Å². The highest BCUT2D eigenvalue weighted by molar-refractivity contribution is 6.30. The molecule has 3 rings (SSSR count). The first kappa shape index (κ1) is 21.9. The highest BCUT2D eigenvalue weighted by Crippen LogP contribution is 2.27. The van der Waals surface area contributed by atoms with Gasteiger partial charge in [0, 0.05) is 5.71 Å². The second kappa shape index (κ2) is 10.3. The molecule has 1 saturated heterocycles. The molecule has 2 heterocycles. The Bertz CT molecular complexity index is 815. The third-order valence-corrected chi connectivity index (χ3v) is 5.33. The molecule has 0 aliphatic carbocycles. The Labute approximate surface area is 176 Å². The number of nitrogens with one attached hydrogen (secondary N) is 1. The minimum absolute atomic E-state index is 0.0544. The van der Waals surface area contributed by atoms with Crippen LogP contribution in [0.1, 0.15) is 13.3 Å². The Hall–Kier alpha value is -2.78. The number of aliphatic imine (C=N–C) groups is 1. The zero-order chi connectivity index (χ0) is 21.5. The number of hydrogen-bond acceptors (Lipinski definition) is 7. The molecule has 1 amide bonds. The molecule has 1 fully saturated rings. The fraction of sp³-hybridized carbons (Fsp3) is 0.524. The summed E-state index contributed by atoms with van der Waals surface area (Å²) in [5.41, 5.74) is 1.71. The lowest BCUT2D eigenvalue weighted by atomic mass is 9.96. The smallest absolute Gasteiger partial charge is 0.311 e. The third-order valence-electron chi connectivity index (χ3n) is 5.33. The maximum Gasteiger partial charge on any atom is 0.311 e. The minimum atomic E-state index is -0.661. The number of nitrogens with zero attached hydrogens (tertiary/aromatic N) is 3. The molecule has 9 heteroatoms. The van der Waals surface area contributed by atoms with Crippen molar-refractivity contribution >= 4 is 29.0 Å². The van der Waals surface area contributed by atoms with E-state index in [0.29, 0.717) is 29.4 Å². The molecular formula is C21H29N4O5+. The van der Waals surface area contributed by atoms with E-state index in [4.69, 9.17) is 14.2 Å². The summed E-state index contributed by atoms with van der Waals surface area (Å²) in [6.07, 6.45) is -0.0544.